The van der Waals surface area contributed by atoms with Gasteiger partial charge in [-0.05, 0) is 0 Å². The second-order valence-electron chi connectivity index (χ2n) is 4.99. The predicted octanol–water partition coefficient (Wildman–Crippen LogP) is 2.96. The Hall–Kier alpha value is 1.14. The van der Waals surface area contributed by atoms with E-state index in [0.29, 0.717) is 0 Å². The molecule has 2 saturated carbocycles. The summed E-state index contributed by atoms with van der Waals surface area (Å²) >= 11 is 0. The molecule has 4 atom stereocenters. The van der Waals surface area contributed by atoms with Crippen molar-refractivity contribution in [1.82, 2.24) is 0 Å². The number of nitrogens with one attached hydrogen (secondary N) is 4. The molecule has 0 spiro atoms. The molecule has 0 aliphatic heterocycles. The molecule has 0 aromatic heterocycles. The summed E-state index contributed by atoms with van der Waals surface area (Å²) in [6.45, 7) is 0. The summed E-state index contributed by atoms with van der Waals surface area (Å²) in [6, 6.07) is -0.319. The van der Waals surface area contributed by atoms with E-state index in [2.05, 4.69) is 0 Å². The quantitative estimate of drug-likeness (QED) is 0.352. The van der Waals surface area contributed by atoms with Gasteiger partial charge in [0, 0.05) is 0 Å². The third kappa shape index (κ3) is 11.8. The fraction of sp³-hybridized carbons (Fsp3) is 1.00. The molecule has 0 aromatic carbocycles. The Balaban J connectivity index is -0.000000107. The van der Waals surface area contributed by atoms with E-state index >= 15 is 0 Å². The Morgan fingerprint density at radius 3 is 0.700 bits per heavy atom. The van der Waals surface area contributed by atoms with Crippen molar-refractivity contribution in [3.63, 3.8) is 0 Å². The van der Waals surface area contributed by atoms with E-state index in [1.165, 1.54) is 25.7 Å². The molecule has 2 fully saturated rings. The van der Waals surface area contributed by atoms with Crippen LogP contribution >= 0.6 is 0 Å². The zero-order valence-corrected chi connectivity index (χ0v) is 16.3. The molecule has 2 aliphatic rings. The first-order chi connectivity index (χ1) is 7.61. The SMILES string of the molecule is [NH-]C1CCCCC1[NH-].[NH-]C1CCCCC1[NH-].[OH3+].[OH3+].[Pt+4].[Pt+4]. The molecule has 0 amide bonds. The molecule has 2 rings (SSSR count). The molecular formula is C12H30N4O2Pt2+6. The van der Waals surface area contributed by atoms with Crippen LogP contribution in [0.25, 0.3) is 22.9 Å². The van der Waals surface area contributed by atoms with Crippen molar-refractivity contribution in [2.75, 3.05) is 0 Å². The van der Waals surface area contributed by atoms with Crippen LogP contribution in [0.2, 0.25) is 0 Å². The van der Waals surface area contributed by atoms with Crippen molar-refractivity contribution in [1.29, 1.82) is 0 Å². The van der Waals surface area contributed by atoms with E-state index in [4.69, 9.17) is 22.9 Å². The van der Waals surface area contributed by atoms with E-state index in [1.807, 2.05) is 0 Å². The second kappa shape index (κ2) is 16.5. The van der Waals surface area contributed by atoms with Gasteiger partial charge in [-0.2, -0.15) is 24.2 Å². The van der Waals surface area contributed by atoms with E-state index in [1.54, 1.807) is 0 Å². The minimum atomic E-state index is -0.0799. The molecule has 6 nitrogen and oxygen atoms in total. The van der Waals surface area contributed by atoms with Gasteiger partial charge in [-0.15, -0.1) is 0 Å². The summed E-state index contributed by atoms with van der Waals surface area (Å²) in [5, 5.41) is 0. The van der Waals surface area contributed by atoms with Gasteiger partial charge in [-0.25, -0.2) is 0 Å². The summed E-state index contributed by atoms with van der Waals surface area (Å²) < 4.78 is 0. The fourth-order valence-electron chi connectivity index (χ4n) is 2.26. The standard InChI is InChI=1S/2C6H12N2.2H2O.2Pt/c2*7-5-3-1-2-4-6(5)8;;;;/h2*5-8H,1-4H2;2*1H2;;/q2*-2;;;2*+4/p+2. The van der Waals surface area contributed by atoms with Crippen molar-refractivity contribution >= 4 is 0 Å². The summed E-state index contributed by atoms with van der Waals surface area (Å²) in [5.41, 5.74) is 29.2. The average molecular weight is 653 g/mol. The fourth-order valence-corrected chi connectivity index (χ4v) is 2.26. The largest absolute Gasteiger partial charge is 4.00 e. The van der Waals surface area contributed by atoms with Gasteiger partial charge in [0.1, 0.15) is 0 Å². The zero-order chi connectivity index (χ0) is 12.0. The minimum Gasteiger partial charge on any atom is -0.676 e. The summed E-state index contributed by atoms with van der Waals surface area (Å²) in [4.78, 5) is 0. The van der Waals surface area contributed by atoms with Gasteiger partial charge in [0.25, 0.3) is 0 Å². The second-order valence-corrected chi connectivity index (χ2v) is 4.99. The maximum Gasteiger partial charge on any atom is 4.00 e. The van der Waals surface area contributed by atoms with Crippen LogP contribution in [0, 0.1) is 0 Å². The van der Waals surface area contributed by atoms with Crippen LogP contribution < -0.4 is 0 Å². The molecule has 2 aliphatic carbocycles. The summed E-state index contributed by atoms with van der Waals surface area (Å²) in [5.74, 6) is 0. The molecule has 0 saturated heterocycles. The van der Waals surface area contributed by atoms with Crippen molar-refractivity contribution in [3.8, 4) is 0 Å². The molecule has 0 heterocycles. The number of hydrogen-bond donors (Lipinski definition) is 0. The zero-order valence-electron chi connectivity index (χ0n) is 11.8. The maximum absolute atomic E-state index is 7.29. The van der Waals surface area contributed by atoms with Crippen LogP contribution in [0.3, 0.4) is 0 Å². The maximum atomic E-state index is 7.29. The van der Waals surface area contributed by atoms with E-state index in [-0.39, 0.29) is 77.3 Å². The van der Waals surface area contributed by atoms with Crippen molar-refractivity contribution < 1.29 is 53.1 Å². The third-order valence-corrected chi connectivity index (χ3v) is 3.53. The van der Waals surface area contributed by atoms with Gasteiger partial charge in [0.15, 0.2) is 0 Å². The topological polar surface area (TPSA) is 161 Å². The van der Waals surface area contributed by atoms with Gasteiger partial charge in [-0.1, -0.05) is 51.4 Å². The molecule has 4 unspecified atom stereocenters. The Labute approximate surface area is 151 Å². The van der Waals surface area contributed by atoms with Gasteiger partial charge in [0.2, 0.25) is 0 Å². The molecule has 0 radical (unpaired) electrons. The Morgan fingerprint density at radius 2 is 0.600 bits per heavy atom. The van der Waals surface area contributed by atoms with Gasteiger partial charge in [0.05, 0.1) is 0 Å². The van der Waals surface area contributed by atoms with Crippen LogP contribution in [0.15, 0.2) is 0 Å². The van der Waals surface area contributed by atoms with Crippen LogP contribution in [-0.4, -0.2) is 24.2 Å². The van der Waals surface area contributed by atoms with Gasteiger partial charge in [-0.3, -0.25) is 0 Å². The Morgan fingerprint density at radius 1 is 0.450 bits per heavy atom. The minimum absolute atomic E-state index is 0. The first-order valence-corrected chi connectivity index (χ1v) is 6.45. The summed E-state index contributed by atoms with van der Waals surface area (Å²) in [6.07, 6.45) is 8.49. The molecule has 0 bridgehead atoms. The van der Waals surface area contributed by atoms with Crippen molar-refractivity contribution in [2.24, 2.45) is 0 Å². The third-order valence-electron chi connectivity index (χ3n) is 3.53. The molecule has 0 aromatic rings. The van der Waals surface area contributed by atoms with E-state index in [0.717, 1.165) is 25.7 Å². The van der Waals surface area contributed by atoms with E-state index in [9.17, 15) is 0 Å². The first-order valence-electron chi connectivity index (χ1n) is 6.45. The number of rotatable bonds is 0. The van der Waals surface area contributed by atoms with Crippen LogP contribution in [-0.2, 0) is 53.1 Å². The normalized spacial score (nSPS) is 31.8. The van der Waals surface area contributed by atoms with Crippen LogP contribution in [0.5, 0.6) is 0 Å². The van der Waals surface area contributed by atoms with Gasteiger partial charge >= 0.3 is 42.1 Å². The molecule has 10 N–H and O–H groups in total. The van der Waals surface area contributed by atoms with E-state index < -0.39 is 0 Å². The molecule has 124 valence electrons. The number of hydrogen-bond acceptors (Lipinski definition) is 0. The van der Waals surface area contributed by atoms with Gasteiger partial charge < -0.3 is 33.9 Å². The molecule has 20 heavy (non-hydrogen) atoms. The first kappa shape index (κ1) is 29.2. The van der Waals surface area contributed by atoms with Crippen LogP contribution in [0.1, 0.15) is 51.4 Å². The van der Waals surface area contributed by atoms with Crippen LogP contribution in [0.4, 0.5) is 0 Å². The molecular weight excluding hydrogens is 622 g/mol. The van der Waals surface area contributed by atoms with Crippen molar-refractivity contribution in [3.05, 3.63) is 22.9 Å². The monoisotopic (exact) mass is 652 g/mol. The summed E-state index contributed by atoms with van der Waals surface area (Å²) in [7, 11) is 0. The molecule has 8 heteroatoms. The Bertz CT molecular complexity index is 164. The Kier molecular flexibility index (Phi) is 24.1. The predicted molar refractivity (Wildman–Crippen MR) is 79.1 cm³/mol. The smallest absolute Gasteiger partial charge is 0.676 e. The average Bonchev–Trinajstić information content (AvgIpc) is 2.28. The van der Waals surface area contributed by atoms with Crippen molar-refractivity contribution in [2.45, 2.75) is 75.5 Å².